The first-order chi connectivity index (χ1) is 15.1. The number of rotatable bonds is 5. The first kappa shape index (κ1) is 19.8. The van der Waals surface area contributed by atoms with Crippen LogP contribution in [0.15, 0.2) is 59.3 Å². The highest BCUT2D eigenvalue weighted by atomic mass is 79.9. The van der Waals surface area contributed by atoms with Crippen LogP contribution in [0, 0.1) is 0 Å². The molecule has 4 aromatic rings. The van der Waals surface area contributed by atoms with E-state index in [1.54, 1.807) is 12.4 Å². The Morgan fingerprint density at radius 2 is 1.71 bits per heavy atom. The molecule has 0 radical (unpaired) electrons. The van der Waals surface area contributed by atoms with Gasteiger partial charge in [-0.25, -0.2) is 4.98 Å². The van der Waals surface area contributed by atoms with E-state index >= 15 is 0 Å². The standard InChI is InChI=1S/C22H23BrN8/c1-30-8-10-31(11-9-30)18-6-4-16(5-7-18)27-22-24-14-19(23)21(28-22)26-17-3-2-15-13-25-29-20(15)12-17/h2-7,12-14H,8-11H2,1H3,(H,25,29)(H2,24,26,27,28). The van der Waals surface area contributed by atoms with Crippen LogP contribution in [0.1, 0.15) is 0 Å². The number of halogens is 1. The Kier molecular flexibility index (Phi) is 5.44. The molecular formula is C22H23BrN8. The Labute approximate surface area is 188 Å². The lowest BCUT2D eigenvalue weighted by molar-refractivity contribution is 0.313. The molecule has 0 spiro atoms. The van der Waals surface area contributed by atoms with Crippen molar-refractivity contribution >= 4 is 55.7 Å². The SMILES string of the molecule is CN1CCN(c2ccc(Nc3ncc(Br)c(Nc4ccc5cn[nH]c5c4)n3)cc2)CC1. The molecule has 31 heavy (non-hydrogen) atoms. The third kappa shape index (κ3) is 4.47. The molecule has 1 aliphatic rings. The number of hydrogen-bond acceptors (Lipinski definition) is 7. The molecule has 0 bridgehead atoms. The molecule has 8 nitrogen and oxygen atoms in total. The number of anilines is 5. The molecule has 2 aromatic heterocycles. The van der Waals surface area contributed by atoms with E-state index in [9.17, 15) is 0 Å². The molecule has 0 saturated carbocycles. The summed E-state index contributed by atoms with van der Waals surface area (Å²) in [5, 5.41) is 14.7. The van der Waals surface area contributed by atoms with Crippen molar-refractivity contribution in [2.75, 3.05) is 48.8 Å². The molecule has 1 fully saturated rings. The van der Waals surface area contributed by atoms with Gasteiger partial charge >= 0.3 is 0 Å². The van der Waals surface area contributed by atoms with Crippen molar-refractivity contribution in [3.8, 4) is 0 Å². The van der Waals surface area contributed by atoms with E-state index in [4.69, 9.17) is 0 Å². The van der Waals surface area contributed by atoms with Gasteiger partial charge in [0.25, 0.3) is 0 Å². The van der Waals surface area contributed by atoms with E-state index in [0.717, 1.165) is 52.9 Å². The molecule has 3 heterocycles. The number of fused-ring (bicyclic) bond motifs is 1. The van der Waals surface area contributed by atoms with Crippen LogP contribution in [0.3, 0.4) is 0 Å². The first-order valence-corrected chi connectivity index (χ1v) is 11.0. The molecule has 0 amide bonds. The summed E-state index contributed by atoms with van der Waals surface area (Å²) < 4.78 is 0.785. The zero-order valence-corrected chi connectivity index (χ0v) is 18.7. The molecule has 158 valence electrons. The Balaban J connectivity index is 1.29. The Bertz CT molecular complexity index is 1180. The van der Waals surface area contributed by atoms with E-state index in [1.165, 1.54) is 5.69 Å². The predicted octanol–water partition coefficient (Wildman–Crippen LogP) is 4.35. The van der Waals surface area contributed by atoms with Crippen LogP contribution in [-0.4, -0.2) is 58.3 Å². The third-order valence-electron chi connectivity index (χ3n) is 5.44. The lowest BCUT2D eigenvalue weighted by Gasteiger charge is -2.34. The third-order valence-corrected chi connectivity index (χ3v) is 6.02. The van der Waals surface area contributed by atoms with Crippen molar-refractivity contribution < 1.29 is 0 Å². The van der Waals surface area contributed by atoms with Crippen LogP contribution in [0.4, 0.5) is 28.8 Å². The van der Waals surface area contributed by atoms with Crippen LogP contribution in [0.2, 0.25) is 0 Å². The maximum absolute atomic E-state index is 4.63. The number of nitrogens with one attached hydrogen (secondary N) is 3. The van der Waals surface area contributed by atoms with E-state index < -0.39 is 0 Å². The molecule has 3 N–H and O–H groups in total. The summed E-state index contributed by atoms with van der Waals surface area (Å²) in [5.41, 5.74) is 4.07. The second kappa shape index (κ2) is 8.52. The fourth-order valence-electron chi connectivity index (χ4n) is 3.62. The monoisotopic (exact) mass is 478 g/mol. The van der Waals surface area contributed by atoms with Crippen molar-refractivity contribution in [1.82, 2.24) is 25.1 Å². The number of benzene rings is 2. The Morgan fingerprint density at radius 3 is 2.52 bits per heavy atom. The Morgan fingerprint density at radius 1 is 0.935 bits per heavy atom. The average Bonchev–Trinajstić information content (AvgIpc) is 3.25. The summed E-state index contributed by atoms with van der Waals surface area (Å²) in [6.07, 6.45) is 3.54. The van der Waals surface area contributed by atoms with Crippen molar-refractivity contribution in [2.24, 2.45) is 0 Å². The van der Waals surface area contributed by atoms with Crippen LogP contribution in [0.5, 0.6) is 0 Å². The number of piperazine rings is 1. The topological polar surface area (TPSA) is 85.0 Å². The molecule has 5 rings (SSSR count). The predicted molar refractivity (Wildman–Crippen MR) is 129 cm³/mol. The summed E-state index contributed by atoms with van der Waals surface area (Å²) in [5.74, 6) is 1.21. The molecule has 9 heteroatoms. The lowest BCUT2D eigenvalue weighted by atomic mass is 10.2. The smallest absolute Gasteiger partial charge is 0.229 e. The number of nitrogens with zero attached hydrogens (tertiary/aromatic N) is 5. The van der Waals surface area contributed by atoms with E-state index in [1.807, 2.05) is 18.2 Å². The summed E-state index contributed by atoms with van der Waals surface area (Å²) in [4.78, 5) is 13.8. The second-order valence-corrected chi connectivity index (χ2v) is 8.50. The van der Waals surface area contributed by atoms with Crippen molar-refractivity contribution in [3.05, 3.63) is 59.3 Å². The van der Waals surface area contributed by atoms with E-state index in [0.29, 0.717) is 11.8 Å². The van der Waals surface area contributed by atoms with Gasteiger partial charge in [-0.05, 0) is 65.4 Å². The summed E-state index contributed by atoms with van der Waals surface area (Å²) in [6, 6.07) is 14.4. The molecule has 1 saturated heterocycles. The van der Waals surface area contributed by atoms with Gasteiger partial charge in [0, 0.05) is 54.8 Å². The van der Waals surface area contributed by atoms with Gasteiger partial charge in [-0.3, -0.25) is 5.10 Å². The maximum Gasteiger partial charge on any atom is 0.229 e. The number of likely N-dealkylation sites (N-methyl/N-ethyl adjacent to an activating group) is 1. The minimum absolute atomic E-state index is 0.528. The van der Waals surface area contributed by atoms with Gasteiger partial charge in [-0.1, -0.05) is 0 Å². The normalized spacial score (nSPS) is 14.7. The van der Waals surface area contributed by atoms with Crippen LogP contribution >= 0.6 is 15.9 Å². The minimum Gasteiger partial charge on any atom is -0.369 e. The van der Waals surface area contributed by atoms with Crippen molar-refractivity contribution in [2.45, 2.75) is 0 Å². The first-order valence-electron chi connectivity index (χ1n) is 10.2. The highest BCUT2D eigenvalue weighted by Crippen LogP contribution is 2.27. The number of aromatic nitrogens is 4. The van der Waals surface area contributed by atoms with Gasteiger partial charge in [-0.2, -0.15) is 10.1 Å². The zero-order chi connectivity index (χ0) is 21.2. The number of H-pyrrole nitrogens is 1. The molecule has 0 atom stereocenters. The number of aromatic amines is 1. The minimum atomic E-state index is 0.528. The van der Waals surface area contributed by atoms with Crippen LogP contribution in [0.25, 0.3) is 10.9 Å². The average molecular weight is 479 g/mol. The zero-order valence-electron chi connectivity index (χ0n) is 17.1. The fraction of sp³-hybridized carbons (Fsp3) is 0.227. The van der Waals surface area contributed by atoms with Crippen molar-refractivity contribution in [3.63, 3.8) is 0 Å². The van der Waals surface area contributed by atoms with Gasteiger partial charge in [0.05, 0.1) is 16.2 Å². The summed E-state index contributed by atoms with van der Waals surface area (Å²) in [6.45, 7) is 4.29. The maximum atomic E-state index is 4.63. The molecular weight excluding hydrogens is 456 g/mol. The van der Waals surface area contributed by atoms with E-state index in [-0.39, 0.29) is 0 Å². The highest BCUT2D eigenvalue weighted by Gasteiger charge is 2.14. The highest BCUT2D eigenvalue weighted by molar-refractivity contribution is 9.10. The van der Waals surface area contributed by atoms with E-state index in [2.05, 4.69) is 87.8 Å². The quantitative estimate of drug-likeness (QED) is 0.392. The molecule has 0 unspecified atom stereocenters. The van der Waals surface area contributed by atoms with Crippen LogP contribution in [-0.2, 0) is 0 Å². The molecule has 2 aromatic carbocycles. The van der Waals surface area contributed by atoms with Gasteiger partial charge in [0.1, 0.15) is 5.82 Å². The van der Waals surface area contributed by atoms with Crippen LogP contribution < -0.4 is 15.5 Å². The van der Waals surface area contributed by atoms with Gasteiger partial charge < -0.3 is 20.4 Å². The van der Waals surface area contributed by atoms with Gasteiger partial charge in [0.15, 0.2) is 0 Å². The largest absolute Gasteiger partial charge is 0.369 e. The summed E-state index contributed by atoms with van der Waals surface area (Å²) >= 11 is 3.53. The van der Waals surface area contributed by atoms with Gasteiger partial charge in [0.2, 0.25) is 5.95 Å². The second-order valence-electron chi connectivity index (χ2n) is 7.65. The van der Waals surface area contributed by atoms with Gasteiger partial charge in [-0.15, -0.1) is 0 Å². The lowest BCUT2D eigenvalue weighted by Crippen LogP contribution is -2.44. The number of hydrogen-bond donors (Lipinski definition) is 3. The van der Waals surface area contributed by atoms with Crippen molar-refractivity contribution in [1.29, 1.82) is 0 Å². The molecule has 0 aliphatic carbocycles. The summed E-state index contributed by atoms with van der Waals surface area (Å²) in [7, 11) is 2.17. The fourth-order valence-corrected chi connectivity index (χ4v) is 3.91. The Hall–Kier alpha value is -3.17. The molecule has 1 aliphatic heterocycles.